The standard InChI is InChI=1S/C22H24ClNO5S/c1-3-16-6-8-17(9-7-16)21(25)15(2)29-22(26)18-10-11-19(23)20(14-18)30(27,28)24-12-4-5-13-24/h6-11,14-15H,3-5,12-13H2,1-2H3. The smallest absolute Gasteiger partial charge is 0.338 e. The first-order valence-electron chi connectivity index (χ1n) is 9.88. The summed E-state index contributed by atoms with van der Waals surface area (Å²) >= 11 is 6.11. The first kappa shape index (κ1) is 22.5. The fourth-order valence-electron chi connectivity index (χ4n) is 3.32. The zero-order valence-corrected chi connectivity index (χ0v) is 18.5. The average molecular weight is 450 g/mol. The van der Waals surface area contributed by atoms with Gasteiger partial charge in [-0.3, -0.25) is 4.79 Å². The molecule has 0 saturated carbocycles. The van der Waals surface area contributed by atoms with Crippen LogP contribution in [0, 0.1) is 0 Å². The van der Waals surface area contributed by atoms with Crippen LogP contribution in [-0.4, -0.2) is 43.7 Å². The van der Waals surface area contributed by atoms with Crippen LogP contribution in [0.1, 0.15) is 53.0 Å². The highest BCUT2D eigenvalue weighted by atomic mass is 35.5. The summed E-state index contributed by atoms with van der Waals surface area (Å²) in [6, 6.07) is 11.1. The minimum absolute atomic E-state index is 0.0261. The summed E-state index contributed by atoms with van der Waals surface area (Å²) in [6.07, 6.45) is 1.42. The number of hydrogen-bond acceptors (Lipinski definition) is 5. The van der Waals surface area contributed by atoms with Crippen LogP contribution in [0.2, 0.25) is 5.02 Å². The van der Waals surface area contributed by atoms with E-state index in [2.05, 4.69) is 0 Å². The molecule has 0 radical (unpaired) electrons. The number of carbonyl (C=O) groups excluding carboxylic acids is 2. The van der Waals surface area contributed by atoms with Crippen molar-refractivity contribution in [1.29, 1.82) is 0 Å². The number of sulfonamides is 1. The Bertz CT molecular complexity index is 1040. The van der Waals surface area contributed by atoms with E-state index in [0.29, 0.717) is 18.7 Å². The third kappa shape index (κ3) is 4.74. The van der Waals surface area contributed by atoms with Crippen LogP contribution in [-0.2, 0) is 21.2 Å². The minimum Gasteiger partial charge on any atom is -0.451 e. The largest absolute Gasteiger partial charge is 0.451 e. The van der Waals surface area contributed by atoms with Crippen molar-refractivity contribution in [2.75, 3.05) is 13.1 Å². The van der Waals surface area contributed by atoms with Gasteiger partial charge in [-0.2, -0.15) is 4.31 Å². The number of esters is 1. The number of carbonyl (C=O) groups is 2. The quantitative estimate of drug-likeness (QED) is 0.469. The van der Waals surface area contributed by atoms with E-state index in [4.69, 9.17) is 16.3 Å². The predicted octanol–water partition coefficient (Wildman–Crippen LogP) is 4.12. The number of aryl methyl sites for hydroxylation is 1. The highest BCUT2D eigenvalue weighted by Crippen LogP contribution is 2.28. The molecule has 0 N–H and O–H groups in total. The number of ketones is 1. The van der Waals surface area contributed by atoms with E-state index in [0.717, 1.165) is 24.8 Å². The maximum absolute atomic E-state index is 12.8. The summed E-state index contributed by atoms with van der Waals surface area (Å²) in [5.74, 6) is -1.11. The van der Waals surface area contributed by atoms with Gasteiger partial charge < -0.3 is 4.74 Å². The molecule has 160 valence electrons. The van der Waals surface area contributed by atoms with Gasteiger partial charge in [-0.15, -0.1) is 0 Å². The van der Waals surface area contributed by atoms with Crippen molar-refractivity contribution in [3.05, 3.63) is 64.2 Å². The Morgan fingerprint density at radius 2 is 1.67 bits per heavy atom. The maximum atomic E-state index is 12.8. The molecule has 1 unspecified atom stereocenters. The van der Waals surface area contributed by atoms with E-state index in [-0.39, 0.29) is 21.3 Å². The second kappa shape index (κ2) is 9.29. The molecule has 0 spiro atoms. The molecule has 0 bridgehead atoms. The lowest BCUT2D eigenvalue weighted by molar-refractivity contribution is 0.0318. The van der Waals surface area contributed by atoms with Crippen molar-refractivity contribution >= 4 is 33.4 Å². The molecule has 1 atom stereocenters. The molecule has 30 heavy (non-hydrogen) atoms. The van der Waals surface area contributed by atoms with Crippen LogP contribution in [0.15, 0.2) is 47.4 Å². The molecule has 0 aliphatic carbocycles. The van der Waals surface area contributed by atoms with Crippen LogP contribution in [0.5, 0.6) is 0 Å². The molecule has 6 nitrogen and oxygen atoms in total. The van der Waals surface area contributed by atoms with Gasteiger partial charge >= 0.3 is 5.97 Å². The lowest BCUT2D eigenvalue weighted by Crippen LogP contribution is -2.28. The molecule has 1 aliphatic heterocycles. The molecule has 2 aromatic rings. The van der Waals surface area contributed by atoms with Gasteiger partial charge in [0.25, 0.3) is 0 Å². The van der Waals surface area contributed by atoms with Crippen molar-refractivity contribution in [2.45, 2.75) is 44.1 Å². The number of Topliss-reactive ketones (excluding diaryl/α,β-unsaturated/α-hetero) is 1. The summed E-state index contributed by atoms with van der Waals surface area (Å²) in [4.78, 5) is 25.0. The van der Waals surface area contributed by atoms with Gasteiger partial charge in [0.2, 0.25) is 15.8 Å². The van der Waals surface area contributed by atoms with Gasteiger partial charge in [-0.1, -0.05) is 42.8 Å². The van der Waals surface area contributed by atoms with Crippen LogP contribution >= 0.6 is 11.6 Å². The molecular formula is C22H24ClNO5S. The second-order valence-corrected chi connectivity index (χ2v) is 9.53. The Morgan fingerprint density at radius 1 is 1.07 bits per heavy atom. The monoisotopic (exact) mass is 449 g/mol. The van der Waals surface area contributed by atoms with Crippen LogP contribution in [0.4, 0.5) is 0 Å². The molecule has 1 aliphatic rings. The number of ether oxygens (including phenoxy) is 1. The Labute approximate surface area is 181 Å². The minimum atomic E-state index is -3.79. The van der Waals surface area contributed by atoms with Crippen molar-refractivity contribution < 1.29 is 22.7 Å². The van der Waals surface area contributed by atoms with Crippen molar-refractivity contribution in [3.8, 4) is 0 Å². The van der Waals surface area contributed by atoms with E-state index in [9.17, 15) is 18.0 Å². The second-order valence-electron chi connectivity index (χ2n) is 7.22. The normalized spacial score (nSPS) is 15.7. The molecule has 0 aromatic heterocycles. The zero-order chi connectivity index (χ0) is 21.9. The van der Waals surface area contributed by atoms with E-state index < -0.39 is 22.1 Å². The molecule has 3 rings (SSSR count). The predicted molar refractivity (Wildman–Crippen MR) is 114 cm³/mol. The average Bonchev–Trinajstić information content (AvgIpc) is 3.29. The first-order chi connectivity index (χ1) is 14.2. The van der Waals surface area contributed by atoms with Crippen molar-refractivity contribution in [3.63, 3.8) is 0 Å². The Hall–Kier alpha value is -2.22. The van der Waals surface area contributed by atoms with Gasteiger partial charge in [-0.05, 0) is 49.9 Å². The Balaban J connectivity index is 1.77. The molecule has 1 heterocycles. The number of halogens is 1. The van der Waals surface area contributed by atoms with Gasteiger partial charge in [0.15, 0.2) is 6.10 Å². The first-order valence-corrected chi connectivity index (χ1v) is 11.7. The number of benzene rings is 2. The summed E-state index contributed by atoms with van der Waals surface area (Å²) in [5.41, 5.74) is 1.57. The molecule has 2 aromatic carbocycles. The molecule has 1 fully saturated rings. The highest BCUT2D eigenvalue weighted by molar-refractivity contribution is 7.89. The molecule has 0 amide bonds. The Morgan fingerprint density at radius 3 is 2.27 bits per heavy atom. The van der Waals surface area contributed by atoms with Crippen LogP contribution < -0.4 is 0 Å². The van der Waals surface area contributed by atoms with Gasteiger partial charge in [0.05, 0.1) is 10.6 Å². The van der Waals surface area contributed by atoms with Crippen LogP contribution in [0.3, 0.4) is 0 Å². The van der Waals surface area contributed by atoms with Gasteiger partial charge in [0, 0.05) is 18.7 Å². The highest BCUT2D eigenvalue weighted by Gasteiger charge is 2.30. The molecular weight excluding hydrogens is 426 g/mol. The third-order valence-electron chi connectivity index (χ3n) is 5.15. The van der Waals surface area contributed by atoms with Gasteiger partial charge in [0.1, 0.15) is 4.90 Å². The van der Waals surface area contributed by atoms with Crippen molar-refractivity contribution in [1.82, 2.24) is 4.31 Å². The van der Waals surface area contributed by atoms with Crippen molar-refractivity contribution in [2.24, 2.45) is 0 Å². The number of nitrogens with zero attached hydrogens (tertiary/aromatic N) is 1. The number of hydrogen-bond donors (Lipinski definition) is 0. The summed E-state index contributed by atoms with van der Waals surface area (Å²) in [5, 5.41) is 0.0404. The lowest BCUT2D eigenvalue weighted by atomic mass is 10.0. The maximum Gasteiger partial charge on any atom is 0.338 e. The van der Waals surface area contributed by atoms with Gasteiger partial charge in [-0.25, -0.2) is 13.2 Å². The fourth-order valence-corrected chi connectivity index (χ4v) is 5.33. The SMILES string of the molecule is CCc1ccc(C(=O)C(C)OC(=O)c2ccc(Cl)c(S(=O)(=O)N3CCCC3)c2)cc1. The summed E-state index contributed by atoms with van der Waals surface area (Å²) in [7, 11) is -3.79. The lowest BCUT2D eigenvalue weighted by Gasteiger charge is -2.17. The van der Waals surface area contributed by atoms with E-state index in [1.807, 2.05) is 19.1 Å². The van der Waals surface area contributed by atoms with E-state index in [1.54, 1.807) is 12.1 Å². The van der Waals surface area contributed by atoms with E-state index >= 15 is 0 Å². The fraction of sp³-hybridized carbons (Fsp3) is 0.364. The summed E-state index contributed by atoms with van der Waals surface area (Å²) in [6.45, 7) is 4.36. The number of rotatable bonds is 7. The Kier molecular flexibility index (Phi) is 6.95. The molecule has 1 saturated heterocycles. The zero-order valence-electron chi connectivity index (χ0n) is 16.9. The van der Waals surface area contributed by atoms with Crippen LogP contribution in [0.25, 0.3) is 0 Å². The third-order valence-corrected chi connectivity index (χ3v) is 7.53. The van der Waals surface area contributed by atoms with E-state index in [1.165, 1.54) is 29.4 Å². The molecule has 8 heteroatoms. The topological polar surface area (TPSA) is 80.8 Å². The summed E-state index contributed by atoms with van der Waals surface area (Å²) < 4.78 is 32.3.